The van der Waals surface area contributed by atoms with Crippen LogP contribution in [0.25, 0.3) is 76.7 Å². The van der Waals surface area contributed by atoms with E-state index in [1.54, 1.807) is 0 Å². The molecule has 0 spiro atoms. The van der Waals surface area contributed by atoms with Gasteiger partial charge in [0, 0.05) is 48.8 Å². The van der Waals surface area contributed by atoms with Gasteiger partial charge in [0.05, 0.1) is 29.5 Å². The minimum absolute atomic E-state index is 0.0294. The first kappa shape index (κ1) is 34.3. The standard InChI is InChI=1S/C52H44N4OS/c1-55-51(34-26-28-38-37-18-9-11-25-46(37)58-47(38)30-34)53-50(33-16-6-3-7-17-33)54-52(55)41-21-13-24-44-49(41)40-29-27-35(31-45(40)57-44)56-42-22-10-8-19-39(42)48-36(20-12-23-43(48)56)32-14-4-2-5-15-32/h2,4-6,8-10,12-16,18-24,26-31,33,50-54H,3,7,11,17,25H2,1H3. The molecule has 5 nitrogen and oxygen atoms in total. The first-order valence-electron chi connectivity index (χ1n) is 20.8. The number of hydrogen-bond acceptors (Lipinski definition) is 5. The summed E-state index contributed by atoms with van der Waals surface area (Å²) in [4.78, 5) is 4.00. The van der Waals surface area contributed by atoms with Gasteiger partial charge in [-0.2, -0.15) is 0 Å². The van der Waals surface area contributed by atoms with Crippen LogP contribution in [0.15, 0.2) is 150 Å². The van der Waals surface area contributed by atoms with Crippen molar-refractivity contribution in [2.75, 3.05) is 7.05 Å². The fourth-order valence-corrected chi connectivity index (χ4v) is 11.5. The van der Waals surface area contributed by atoms with E-state index in [9.17, 15) is 0 Å². The normalized spacial score (nSPS) is 21.2. The number of hydrogen-bond donors (Lipinski definition) is 2. The lowest BCUT2D eigenvalue weighted by molar-refractivity contribution is 0.0282. The van der Waals surface area contributed by atoms with Crippen LogP contribution in [0.5, 0.6) is 0 Å². The molecule has 0 saturated carbocycles. The highest BCUT2D eigenvalue weighted by Crippen LogP contribution is 2.44. The Balaban J connectivity index is 0.980. The van der Waals surface area contributed by atoms with Crippen molar-refractivity contribution < 1.29 is 4.42 Å². The number of rotatable bonds is 5. The molecule has 9 aromatic rings. The highest BCUT2D eigenvalue weighted by molar-refractivity contribution is 7.19. The fraction of sp³-hybridized carbons (Fsp3) is 0.192. The van der Waals surface area contributed by atoms with Crippen molar-refractivity contribution in [1.82, 2.24) is 20.1 Å². The van der Waals surface area contributed by atoms with Gasteiger partial charge in [0.2, 0.25) is 0 Å². The third-order valence-corrected chi connectivity index (χ3v) is 14.3. The Kier molecular flexibility index (Phi) is 8.09. The summed E-state index contributed by atoms with van der Waals surface area (Å²) >= 11 is 1.97. The molecule has 1 fully saturated rings. The highest BCUT2D eigenvalue weighted by Gasteiger charge is 2.38. The average molecular weight is 773 g/mol. The van der Waals surface area contributed by atoms with E-state index < -0.39 is 0 Å². The molecule has 0 radical (unpaired) electrons. The molecule has 0 amide bonds. The van der Waals surface area contributed by atoms with Gasteiger partial charge in [0.25, 0.3) is 0 Å². The summed E-state index contributed by atoms with van der Waals surface area (Å²) in [5.74, 6) is 0.409. The maximum Gasteiger partial charge on any atom is 0.137 e. The molecule has 1 aliphatic heterocycles. The summed E-state index contributed by atoms with van der Waals surface area (Å²) < 4.78 is 10.6. The predicted molar refractivity (Wildman–Crippen MR) is 242 cm³/mol. The molecule has 6 heteroatoms. The predicted octanol–water partition coefficient (Wildman–Crippen LogP) is 13.0. The molecule has 4 atom stereocenters. The topological polar surface area (TPSA) is 45.4 Å². The Morgan fingerprint density at radius 1 is 0.690 bits per heavy atom. The zero-order valence-corrected chi connectivity index (χ0v) is 33.3. The first-order valence-corrected chi connectivity index (χ1v) is 21.7. The van der Waals surface area contributed by atoms with E-state index in [1.165, 1.54) is 82.8 Å². The van der Waals surface area contributed by atoms with Crippen LogP contribution < -0.4 is 10.6 Å². The van der Waals surface area contributed by atoms with Crippen molar-refractivity contribution in [2.45, 2.75) is 50.6 Å². The van der Waals surface area contributed by atoms with Crippen LogP contribution in [0.3, 0.4) is 0 Å². The number of furan rings is 1. The zero-order chi connectivity index (χ0) is 38.3. The van der Waals surface area contributed by atoms with Gasteiger partial charge in [-0.3, -0.25) is 15.5 Å². The van der Waals surface area contributed by atoms with Crippen LogP contribution in [0, 0.1) is 5.92 Å². The summed E-state index contributed by atoms with van der Waals surface area (Å²) in [7, 11) is 2.26. The molecule has 0 bridgehead atoms. The van der Waals surface area contributed by atoms with Gasteiger partial charge < -0.3 is 8.98 Å². The highest BCUT2D eigenvalue weighted by atomic mass is 32.1. The lowest BCUT2D eigenvalue weighted by Crippen LogP contribution is -2.61. The molecule has 3 aliphatic rings. The van der Waals surface area contributed by atoms with E-state index in [1.807, 2.05) is 11.3 Å². The van der Waals surface area contributed by atoms with Crippen LogP contribution in [0.4, 0.5) is 0 Å². The number of allylic oxidation sites excluding steroid dienone is 2. The Morgan fingerprint density at radius 3 is 2.45 bits per heavy atom. The van der Waals surface area contributed by atoms with E-state index in [0.717, 1.165) is 41.5 Å². The average Bonchev–Trinajstić information content (AvgIpc) is 3.96. The van der Waals surface area contributed by atoms with E-state index in [-0.39, 0.29) is 18.5 Å². The Bertz CT molecular complexity index is 3110. The molecule has 284 valence electrons. The van der Waals surface area contributed by atoms with Gasteiger partial charge in [-0.05, 0) is 109 Å². The maximum absolute atomic E-state index is 6.83. The molecular formula is C52H44N4OS. The van der Waals surface area contributed by atoms with Crippen LogP contribution >= 0.6 is 11.3 Å². The van der Waals surface area contributed by atoms with Crippen molar-refractivity contribution in [2.24, 2.45) is 5.92 Å². The molecule has 3 aromatic heterocycles. The Morgan fingerprint density at radius 2 is 1.53 bits per heavy atom. The number of benzene rings is 6. The van der Waals surface area contributed by atoms with Crippen molar-refractivity contribution in [3.05, 3.63) is 167 Å². The summed E-state index contributed by atoms with van der Waals surface area (Å²) in [6, 6.07) is 46.7. The minimum Gasteiger partial charge on any atom is -0.456 e. The summed E-state index contributed by atoms with van der Waals surface area (Å²) in [6.45, 7) is 0. The lowest BCUT2D eigenvalue weighted by atomic mass is 9.90. The SMILES string of the molecule is CN1C(c2ccc3c4c(sc3c2)CCC=C4)NC(C2C=CCCC2)NC1c1cccc2oc3cc(-n4c5ccccc5c5c(-c6ccccc6)cccc54)ccc3c12. The van der Waals surface area contributed by atoms with Gasteiger partial charge >= 0.3 is 0 Å². The van der Waals surface area contributed by atoms with E-state index >= 15 is 0 Å². The summed E-state index contributed by atoms with van der Waals surface area (Å²) in [6.07, 6.45) is 15.4. The van der Waals surface area contributed by atoms with Crippen LogP contribution in [0.2, 0.25) is 0 Å². The molecule has 6 aromatic carbocycles. The number of para-hydroxylation sites is 1. The molecule has 4 heterocycles. The summed E-state index contributed by atoms with van der Waals surface area (Å²) in [5.41, 5.74) is 11.7. The number of thiophene rings is 1. The Labute approximate surface area is 341 Å². The maximum atomic E-state index is 6.83. The van der Waals surface area contributed by atoms with Gasteiger partial charge in [-0.1, -0.05) is 109 Å². The van der Waals surface area contributed by atoms with E-state index in [2.05, 4.69) is 179 Å². The van der Waals surface area contributed by atoms with Crippen LogP contribution in [-0.2, 0) is 6.42 Å². The third kappa shape index (κ3) is 5.40. The Hall–Kier alpha value is -5.76. The number of aromatic nitrogens is 1. The van der Waals surface area contributed by atoms with Crippen molar-refractivity contribution in [1.29, 1.82) is 0 Å². The van der Waals surface area contributed by atoms with E-state index in [0.29, 0.717) is 5.92 Å². The number of fused-ring (bicyclic) bond motifs is 9. The van der Waals surface area contributed by atoms with Gasteiger partial charge in [-0.15, -0.1) is 11.3 Å². The van der Waals surface area contributed by atoms with Crippen LogP contribution in [0.1, 0.15) is 59.6 Å². The molecule has 2 aliphatic carbocycles. The molecule has 4 unspecified atom stereocenters. The van der Waals surface area contributed by atoms with E-state index in [4.69, 9.17) is 4.42 Å². The molecule has 58 heavy (non-hydrogen) atoms. The third-order valence-electron chi connectivity index (χ3n) is 13.0. The fourth-order valence-electron chi connectivity index (χ4n) is 10.3. The van der Waals surface area contributed by atoms with Gasteiger partial charge in [0.1, 0.15) is 11.2 Å². The van der Waals surface area contributed by atoms with Crippen LogP contribution in [-0.4, -0.2) is 22.7 Å². The minimum atomic E-state index is -0.0420. The van der Waals surface area contributed by atoms with Crippen molar-refractivity contribution >= 4 is 71.2 Å². The molecular weight excluding hydrogens is 729 g/mol. The quantitative estimate of drug-likeness (QED) is 0.171. The van der Waals surface area contributed by atoms with Crippen molar-refractivity contribution in [3.8, 4) is 16.8 Å². The lowest BCUT2D eigenvalue weighted by Gasteiger charge is -2.47. The molecule has 2 N–H and O–H groups in total. The smallest absolute Gasteiger partial charge is 0.137 e. The van der Waals surface area contributed by atoms with Crippen molar-refractivity contribution in [3.63, 3.8) is 0 Å². The largest absolute Gasteiger partial charge is 0.456 e. The number of aryl methyl sites for hydroxylation is 1. The number of nitrogens with zero attached hydrogens (tertiary/aromatic N) is 2. The monoisotopic (exact) mass is 772 g/mol. The van der Waals surface area contributed by atoms with Gasteiger partial charge in [0.15, 0.2) is 0 Å². The zero-order valence-electron chi connectivity index (χ0n) is 32.5. The second-order valence-corrected chi connectivity index (χ2v) is 17.5. The first-order chi connectivity index (χ1) is 28.7. The molecule has 12 rings (SSSR count). The van der Waals surface area contributed by atoms with Gasteiger partial charge in [-0.25, -0.2) is 0 Å². The second kappa shape index (κ2) is 13.7. The second-order valence-electron chi connectivity index (χ2n) is 16.4. The molecule has 1 saturated heterocycles. The summed E-state index contributed by atoms with van der Waals surface area (Å²) in [5, 5.41) is 14.4. The number of nitrogens with one attached hydrogen (secondary N) is 2.